The highest BCUT2D eigenvalue weighted by atomic mass is 32.2. The van der Waals surface area contributed by atoms with Crippen LogP contribution in [0.5, 0.6) is 0 Å². The Balaban J connectivity index is 2.90. The van der Waals surface area contributed by atoms with Gasteiger partial charge in [-0.15, -0.1) is 11.8 Å². The molecule has 0 aromatic carbocycles. The summed E-state index contributed by atoms with van der Waals surface area (Å²) in [6.45, 7) is 7.33. The minimum absolute atomic E-state index is 0.374. The highest BCUT2D eigenvalue weighted by Gasteiger charge is 2.06. The van der Waals surface area contributed by atoms with E-state index in [9.17, 15) is 0 Å². The molecule has 0 bridgehead atoms. The SMILES string of the molecule is CCCNc1cc(SC)nc(C(C)C)n1. The number of hydrogen-bond acceptors (Lipinski definition) is 4. The quantitative estimate of drug-likeness (QED) is 0.617. The number of aromatic nitrogens is 2. The largest absolute Gasteiger partial charge is 0.370 e. The van der Waals surface area contributed by atoms with Crippen molar-refractivity contribution >= 4 is 17.6 Å². The van der Waals surface area contributed by atoms with Gasteiger partial charge in [0.2, 0.25) is 0 Å². The summed E-state index contributed by atoms with van der Waals surface area (Å²) in [5, 5.41) is 4.33. The zero-order chi connectivity index (χ0) is 11.3. The molecule has 0 unspecified atom stereocenters. The fraction of sp³-hybridized carbons (Fsp3) is 0.636. The molecule has 0 aliphatic carbocycles. The summed E-state index contributed by atoms with van der Waals surface area (Å²) < 4.78 is 0. The van der Waals surface area contributed by atoms with Crippen LogP contribution in [0, 0.1) is 0 Å². The van der Waals surface area contributed by atoms with Crippen LogP contribution in [-0.4, -0.2) is 22.8 Å². The van der Waals surface area contributed by atoms with Crippen molar-refractivity contribution in [2.24, 2.45) is 0 Å². The maximum atomic E-state index is 4.48. The zero-order valence-corrected chi connectivity index (χ0v) is 10.7. The predicted octanol–water partition coefficient (Wildman–Crippen LogP) is 3.14. The van der Waals surface area contributed by atoms with Crippen molar-refractivity contribution in [2.75, 3.05) is 18.1 Å². The van der Waals surface area contributed by atoms with Gasteiger partial charge in [0.25, 0.3) is 0 Å². The van der Waals surface area contributed by atoms with Crippen molar-refractivity contribution in [2.45, 2.75) is 38.1 Å². The van der Waals surface area contributed by atoms with E-state index in [-0.39, 0.29) is 0 Å². The Labute approximate surface area is 96.1 Å². The van der Waals surface area contributed by atoms with E-state index in [1.807, 2.05) is 12.3 Å². The van der Waals surface area contributed by atoms with Gasteiger partial charge >= 0.3 is 0 Å². The van der Waals surface area contributed by atoms with E-state index in [1.165, 1.54) is 0 Å². The minimum atomic E-state index is 0.374. The van der Waals surface area contributed by atoms with E-state index in [0.717, 1.165) is 29.6 Å². The van der Waals surface area contributed by atoms with E-state index in [1.54, 1.807) is 11.8 Å². The molecule has 1 heterocycles. The maximum Gasteiger partial charge on any atom is 0.134 e. The molecule has 1 N–H and O–H groups in total. The van der Waals surface area contributed by atoms with Crippen LogP contribution >= 0.6 is 11.8 Å². The van der Waals surface area contributed by atoms with Crippen molar-refractivity contribution in [3.8, 4) is 0 Å². The van der Waals surface area contributed by atoms with Crippen LogP contribution < -0.4 is 5.32 Å². The third-order valence-electron chi connectivity index (χ3n) is 2.00. The first-order valence-corrected chi connectivity index (χ1v) is 6.56. The Bertz CT molecular complexity index is 313. The second-order valence-electron chi connectivity index (χ2n) is 3.74. The molecule has 0 aliphatic rings. The summed E-state index contributed by atoms with van der Waals surface area (Å²) >= 11 is 1.66. The van der Waals surface area contributed by atoms with E-state index in [0.29, 0.717) is 5.92 Å². The second kappa shape index (κ2) is 5.95. The zero-order valence-electron chi connectivity index (χ0n) is 9.87. The Hall–Kier alpha value is -0.770. The van der Waals surface area contributed by atoms with Crippen molar-refractivity contribution in [3.05, 3.63) is 11.9 Å². The summed E-state index contributed by atoms with van der Waals surface area (Å²) in [5.74, 6) is 2.24. The molecule has 0 saturated heterocycles. The normalized spacial score (nSPS) is 10.7. The van der Waals surface area contributed by atoms with E-state index < -0.39 is 0 Å². The van der Waals surface area contributed by atoms with Crippen LogP contribution in [0.1, 0.15) is 38.9 Å². The number of nitrogens with zero attached hydrogens (tertiary/aromatic N) is 2. The molecule has 0 radical (unpaired) electrons. The molecular weight excluding hydrogens is 206 g/mol. The van der Waals surface area contributed by atoms with E-state index in [4.69, 9.17) is 0 Å². The Morgan fingerprint density at radius 2 is 2.13 bits per heavy atom. The lowest BCUT2D eigenvalue weighted by Crippen LogP contribution is -2.06. The first kappa shape index (κ1) is 12.3. The van der Waals surface area contributed by atoms with Crippen molar-refractivity contribution < 1.29 is 0 Å². The molecule has 3 nitrogen and oxygen atoms in total. The molecule has 0 fully saturated rings. The van der Waals surface area contributed by atoms with Crippen molar-refractivity contribution in [1.82, 2.24) is 9.97 Å². The van der Waals surface area contributed by atoms with Gasteiger partial charge in [-0.25, -0.2) is 9.97 Å². The highest BCUT2D eigenvalue weighted by molar-refractivity contribution is 7.98. The van der Waals surface area contributed by atoms with Gasteiger partial charge in [-0.2, -0.15) is 0 Å². The van der Waals surface area contributed by atoms with Crippen molar-refractivity contribution in [3.63, 3.8) is 0 Å². The number of nitrogens with one attached hydrogen (secondary N) is 1. The summed E-state index contributed by atoms with van der Waals surface area (Å²) in [6, 6.07) is 2.01. The summed E-state index contributed by atoms with van der Waals surface area (Å²) in [4.78, 5) is 8.95. The van der Waals surface area contributed by atoms with Crippen LogP contribution in [0.15, 0.2) is 11.1 Å². The average molecular weight is 225 g/mol. The van der Waals surface area contributed by atoms with Gasteiger partial charge in [0, 0.05) is 18.5 Å². The molecular formula is C11H19N3S. The van der Waals surface area contributed by atoms with Crippen LogP contribution in [0.4, 0.5) is 5.82 Å². The number of thioether (sulfide) groups is 1. The molecule has 0 aliphatic heterocycles. The molecule has 0 spiro atoms. The lowest BCUT2D eigenvalue weighted by Gasteiger charge is -2.09. The van der Waals surface area contributed by atoms with Crippen LogP contribution in [0.2, 0.25) is 0 Å². The molecule has 0 saturated carbocycles. The number of anilines is 1. The lowest BCUT2D eigenvalue weighted by molar-refractivity contribution is 0.753. The van der Waals surface area contributed by atoms with Crippen molar-refractivity contribution in [1.29, 1.82) is 0 Å². The number of hydrogen-bond donors (Lipinski definition) is 1. The topological polar surface area (TPSA) is 37.8 Å². The highest BCUT2D eigenvalue weighted by Crippen LogP contribution is 2.19. The minimum Gasteiger partial charge on any atom is -0.370 e. The average Bonchev–Trinajstić information content (AvgIpc) is 2.25. The lowest BCUT2D eigenvalue weighted by atomic mass is 10.2. The molecule has 0 amide bonds. The molecule has 1 aromatic heterocycles. The molecule has 0 atom stereocenters. The van der Waals surface area contributed by atoms with Gasteiger partial charge in [0.15, 0.2) is 0 Å². The molecule has 84 valence electrons. The summed E-state index contributed by atoms with van der Waals surface area (Å²) in [6.07, 6.45) is 3.14. The first-order valence-electron chi connectivity index (χ1n) is 5.34. The van der Waals surface area contributed by atoms with Gasteiger partial charge in [-0.3, -0.25) is 0 Å². The van der Waals surface area contributed by atoms with Gasteiger partial charge < -0.3 is 5.32 Å². The maximum absolute atomic E-state index is 4.48. The summed E-state index contributed by atoms with van der Waals surface area (Å²) in [5.41, 5.74) is 0. The monoisotopic (exact) mass is 225 g/mol. The van der Waals surface area contributed by atoms with E-state index in [2.05, 4.69) is 36.1 Å². The fourth-order valence-corrected chi connectivity index (χ4v) is 1.56. The van der Waals surface area contributed by atoms with Gasteiger partial charge in [0.05, 0.1) is 0 Å². The van der Waals surface area contributed by atoms with Gasteiger partial charge in [0.1, 0.15) is 16.7 Å². The molecule has 1 rings (SSSR count). The number of rotatable bonds is 5. The van der Waals surface area contributed by atoms with Crippen LogP contribution in [0.25, 0.3) is 0 Å². The standard InChI is InChI=1S/C11H19N3S/c1-5-6-12-9-7-10(15-4)14-11(13-9)8(2)3/h7-8H,5-6H2,1-4H3,(H,12,13,14). The molecule has 1 aromatic rings. The fourth-order valence-electron chi connectivity index (χ4n) is 1.15. The van der Waals surface area contributed by atoms with E-state index >= 15 is 0 Å². The van der Waals surface area contributed by atoms with Gasteiger partial charge in [-0.05, 0) is 12.7 Å². The Morgan fingerprint density at radius 3 is 2.67 bits per heavy atom. The molecule has 15 heavy (non-hydrogen) atoms. The summed E-state index contributed by atoms with van der Waals surface area (Å²) in [7, 11) is 0. The Morgan fingerprint density at radius 1 is 1.40 bits per heavy atom. The second-order valence-corrected chi connectivity index (χ2v) is 4.56. The Kier molecular flexibility index (Phi) is 4.88. The third-order valence-corrected chi connectivity index (χ3v) is 2.63. The smallest absolute Gasteiger partial charge is 0.134 e. The predicted molar refractivity (Wildman–Crippen MR) is 66.7 cm³/mol. The van der Waals surface area contributed by atoms with Gasteiger partial charge in [-0.1, -0.05) is 20.8 Å². The first-order chi connectivity index (χ1) is 7.17. The molecule has 4 heteroatoms. The van der Waals surface area contributed by atoms with Crippen LogP contribution in [-0.2, 0) is 0 Å². The third kappa shape index (κ3) is 3.70. The van der Waals surface area contributed by atoms with Crippen LogP contribution in [0.3, 0.4) is 0 Å².